The van der Waals surface area contributed by atoms with Crippen molar-refractivity contribution in [2.45, 2.75) is 0 Å². The predicted octanol–water partition coefficient (Wildman–Crippen LogP) is 12.7. The topological polar surface area (TPSA) is 17.8 Å². The van der Waals surface area contributed by atoms with Crippen LogP contribution in [0.5, 0.6) is 0 Å². The standard InChI is InChI=1S/C45H28N2S/c1-3-11-29(12-4-1)32-20-23-34(30-13-5-2-6-14-30)38(27-32)39-25-22-33(28-46-39)47-40-17-9-7-16-37(40)44-41(47)26-21-31-19-24-36-35-15-8-10-18-42(35)48-45(36)43(31)44/h1-28H. The molecule has 10 rings (SSSR count). The second-order valence-corrected chi connectivity index (χ2v) is 13.4. The van der Waals surface area contributed by atoms with Gasteiger partial charge in [0, 0.05) is 41.9 Å². The van der Waals surface area contributed by atoms with Crippen LogP contribution in [0.3, 0.4) is 0 Å². The molecular weight excluding hydrogens is 601 g/mol. The molecule has 0 saturated heterocycles. The van der Waals surface area contributed by atoms with Crippen LogP contribution in [-0.2, 0) is 0 Å². The van der Waals surface area contributed by atoms with Crippen molar-refractivity contribution in [1.82, 2.24) is 9.55 Å². The quantitative estimate of drug-likeness (QED) is 0.190. The highest BCUT2D eigenvalue weighted by molar-refractivity contribution is 7.26. The molecule has 3 aromatic heterocycles. The molecule has 0 spiro atoms. The normalized spacial score (nSPS) is 11.8. The van der Waals surface area contributed by atoms with Gasteiger partial charge in [0.1, 0.15) is 0 Å². The van der Waals surface area contributed by atoms with E-state index >= 15 is 0 Å². The summed E-state index contributed by atoms with van der Waals surface area (Å²) in [6, 6.07) is 59.0. The van der Waals surface area contributed by atoms with Crippen molar-refractivity contribution >= 4 is 64.1 Å². The van der Waals surface area contributed by atoms with E-state index in [1.807, 2.05) is 17.5 Å². The number of thiophene rings is 1. The zero-order valence-corrected chi connectivity index (χ0v) is 26.8. The first-order chi connectivity index (χ1) is 23.8. The van der Waals surface area contributed by atoms with Crippen molar-refractivity contribution in [2.75, 3.05) is 0 Å². The number of nitrogens with zero attached hydrogens (tertiary/aromatic N) is 2. The molecule has 0 amide bonds. The van der Waals surface area contributed by atoms with Crippen molar-refractivity contribution in [1.29, 1.82) is 0 Å². The monoisotopic (exact) mass is 628 g/mol. The van der Waals surface area contributed by atoms with Crippen LogP contribution in [0.2, 0.25) is 0 Å². The first-order valence-electron chi connectivity index (χ1n) is 16.3. The maximum atomic E-state index is 5.16. The molecule has 0 bridgehead atoms. The van der Waals surface area contributed by atoms with Crippen LogP contribution in [0.4, 0.5) is 0 Å². The Morgan fingerprint density at radius 2 is 1.19 bits per heavy atom. The number of para-hydroxylation sites is 1. The largest absolute Gasteiger partial charge is 0.308 e. The van der Waals surface area contributed by atoms with Crippen LogP contribution in [0.15, 0.2) is 170 Å². The Hall–Kier alpha value is -6.03. The lowest BCUT2D eigenvalue weighted by molar-refractivity contribution is 1.14. The Labute approximate surface area is 281 Å². The zero-order chi connectivity index (χ0) is 31.6. The number of pyridine rings is 1. The first-order valence-corrected chi connectivity index (χ1v) is 17.1. The average molecular weight is 629 g/mol. The second kappa shape index (κ2) is 10.8. The molecule has 0 unspecified atom stereocenters. The Bertz CT molecular complexity index is 2810. The summed E-state index contributed by atoms with van der Waals surface area (Å²) < 4.78 is 5.06. The Morgan fingerprint density at radius 3 is 2.00 bits per heavy atom. The van der Waals surface area contributed by atoms with Crippen LogP contribution >= 0.6 is 11.3 Å². The molecule has 0 radical (unpaired) electrons. The van der Waals surface area contributed by atoms with E-state index in [4.69, 9.17) is 4.98 Å². The van der Waals surface area contributed by atoms with E-state index in [-0.39, 0.29) is 0 Å². The minimum absolute atomic E-state index is 0.952. The van der Waals surface area contributed by atoms with Gasteiger partial charge in [-0.25, -0.2) is 0 Å². The molecule has 0 aliphatic heterocycles. The molecule has 0 aliphatic carbocycles. The molecule has 7 aromatic carbocycles. The van der Waals surface area contributed by atoms with Crippen LogP contribution in [0.25, 0.3) is 91.9 Å². The number of fused-ring (bicyclic) bond motifs is 9. The molecule has 0 saturated carbocycles. The van der Waals surface area contributed by atoms with Crippen molar-refractivity contribution in [3.05, 3.63) is 170 Å². The molecule has 3 heteroatoms. The second-order valence-electron chi connectivity index (χ2n) is 12.3. The lowest BCUT2D eigenvalue weighted by Crippen LogP contribution is -1.96. The van der Waals surface area contributed by atoms with Gasteiger partial charge in [0.2, 0.25) is 0 Å². The molecule has 10 aromatic rings. The van der Waals surface area contributed by atoms with Gasteiger partial charge in [0.25, 0.3) is 0 Å². The summed E-state index contributed by atoms with van der Waals surface area (Å²) in [6.07, 6.45) is 2.04. The summed E-state index contributed by atoms with van der Waals surface area (Å²) in [5.41, 5.74) is 10.2. The van der Waals surface area contributed by atoms with E-state index in [2.05, 4.69) is 168 Å². The molecule has 224 valence electrons. The minimum atomic E-state index is 0.952. The summed E-state index contributed by atoms with van der Waals surface area (Å²) in [7, 11) is 0. The summed E-state index contributed by atoms with van der Waals surface area (Å²) in [6.45, 7) is 0. The maximum absolute atomic E-state index is 5.16. The Balaban J connectivity index is 1.18. The zero-order valence-electron chi connectivity index (χ0n) is 26.0. The van der Waals surface area contributed by atoms with E-state index < -0.39 is 0 Å². The molecule has 48 heavy (non-hydrogen) atoms. The Kier molecular flexibility index (Phi) is 6.08. The fourth-order valence-electron chi connectivity index (χ4n) is 7.44. The van der Waals surface area contributed by atoms with Crippen molar-refractivity contribution in [2.24, 2.45) is 0 Å². The highest BCUT2D eigenvalue weighted by Crippen LogP contribution is 2.44. The van der Waals surface area contributed by atoms with Gasteiger partial charge >= 0.3 is 0 Å². The van der Waals surface area contributed by atoms with Crippen LogP contribution in [0.1, 0.15) is 0 Å². The van der Waals surface area contributed by atoms with Crippen LogP contribution < -0.4 is 0 Å². The molecular formula is C45H28N2S. The van der Waals surface area contributed by atoms with E-state index in [1.165, 1.54) is 75.0 Å². The highest BCUT2D eigenvalue weighted by atomic mass is 32.1. The average Bonchev–Trinajstić information content (AvgIpc) is 3.71. The van der Waals surface area contributed by atoms with Gasteiger partial charge in [0.05, 0.1) is 28.6 Å². The highest BCUT2D eigenvalue weighted by Gasteiger charge is 2.19. The van der Waals surface area contributed by atoms with Crippen molar-refractivity contribution in [3.8, 4) is 39.2 Å². The number of benzene rings is 7. The molecule has 0 fully saturated rings. The van der Waals surface area contributed by atoms with Gasteiger partial charge in [0.15, 0.2) is 0 Å². The molecule has 0 N–H and O–H groups in total. The first kappa shape index (κ1) is 27.1. The number of hydrogen-bond donors (Lipinski definition) is 0. The van der Waals surface area contributed by atoms with E-state index in [1.54, 1.807) is 0 Å². The van der Waals surface area contributed by atoms with Gasteiger partial charge in [-0.05, 0) is 64.0 Å². The third-order valence-corrected chi connectivity index (χ3v) is 10.9. The lowest BCUT2D eigenvalue weighted by Gasteiger charge is -2.14. The summed E-state index contributed by atoms with van der Waals surface area (Å²) in [5.74, 6) is 0. The molecule has 3 heterocycles. The SMILES string of the molecule is c1ccc(-c2ccc(-c3ccccc3)c(-c3ccc(-n4c5ccccc5c5c6c(ccc7c8ccccc8sc76)ccc54)cn3)c2)cc1. The van der Waals surface area contributed by atoms with Gasteiger partial charge in [-0.15, -0.1) is 11.3 Å². The molecule has 0 aliphatic rings. The van der Waals surface area contributed by atoms with Gasteiger partial charge < -0.3 is 4.57 Å². The lowest BCUT2D eigenvalue weighted by atomic mass is 9.93. The minimum Gasteiger partial charge on any atom is -0.308 e. The third kappa shape index (κ3) is 4.15. The number of aromatic nitrogens is 2. The fraction of sp³-hybridized carbons (Fsp3) is 0. The molecule has 0 atom stereocenters. The summed E-state index contributed by atoms with van der Waals surface area (Å²) in [5, 5.41) is 7.80. The van der Waals surface area contributed by atoms with Gasteiger partial charge in [-0.1, -0.05) is 127 Å². The van der Waals surface area contributed by atoms with Gasteiger partial charge in [-0.3, -0.25) is 4.98 Å². The Morgan fingerprint density at radius 1 is 0.458 bits per heavy atom. The van der Waals surface area contributed by atoms with Crippen molar-refractivity contribution in [3.63, 3.8) is 0 Å². The summed E-state index contributed by atoms with van der Waals surface area (Å²) in [4.78, 5) is 5.16. The van der Waals surface area contributed by atoms with Gasteiger partial charge in [-0.2, -0.15) is 0 Å². The van der Waals surface area contributed by atoms with E-state index in [0.29, 0.717) is 0 Å². The van der Waals surface area contributed by atoms with Crippen molar-refractivity contribution < 1.29 is 0 Å². The predicted molar refractivity (Wildman–Crippen MR) is 205 cm³/mol. The third-order valence-electron chi connectivity index (χ3n) is 9.65. The van der Waals surface area contributed by atoms with E-state index in [0.717, 1.165) is 16.9 Å². The van der Waals surface area contributed by atoms with Crippen LogP contribution in [-0.4, -0.2) is 9.55 Å². The smallest absolute Gasteiger partial charge is 0.0710 e. The summed E-state index contributed by atoms with van der Waals surface area (Å²) >= 11 is 1.90. The number of rotatable bonds is 4. The fourth-order valence-corrected chi connectivity index (χ4v) is 8.71. The number of hydrogen-bond acceptors (Lipinski definition) is 2. The van der Waals surface area contributed by atoms with Crippen LogP contribution in [0, 0.1) is 0 Å². The maximum Gasteiger partial charge on any atom is 0.0710 e. The molecule has 2 nitrogen and oxygen atoms in total. The van der Waals surface area contributed by atoms with E-state index in [9.17, 15) is 0 Å².